The highest BCUT2D eigenvalue weighted by atomic mass is 32.1. The highest BCUT2D eigenvalue weighted by Gasteiger charge is 2.14. The molecule has 6 nitrogen and oxygen atoms in total. The number of rotatable bonds is 6. The van der Waals surface area contributed by atoms with Crippen molar-refractivity contribution in [2.75, 3.05) is 10.6 Å². The summed E-state index contributed by atoms with van der Waals surface area (Å²) in [4.78, 5) is 24.5. The molecule has 0 atom stereocenters. The van der Waals surface area contributed by atoms with Crippen LogP contribution in [0.5, 0.6) is 0 Å². The van der Waals surface area contributed by atoms with Gasteiger partial charge < -0.3 is 10.6 Å². The summed E-state index contributed by atoms with van der Waals surface area (Å²) in [7, 11) is 0. The second kappa shape index (κ2) is 8.75. The Bertz CT molecular complexity index is 996. The summed E-state index contributed by atoms with van der Waals surface area (Å²) in [5.41, 5.74) is 4.76. The molecule has 0 spiro atoms. The molecule has 0 aliphatic rings. The molecule has 2 N–H and O–H groups in total. The zero-order chi connectivity index (χ0) is 20.1. The second-order valence-corrected chi connectivity index (χ2v) is 7.75. The molecule has 2 amide bonds. The molecule has 1 heterocycles. The monoisotopic (exact) mass is 394 g/mol. The van der Waals surface area contributed by atoms with Crippen molar-refractivity contribution in [3.63, 3.8) is 0 Å². The number of carbonyl (C=O) groups is 2. The van der Waals surface area contributed by atoms with Crippen LogP contribution in [0.3, 0.4) is 0 Å². The second-order valence-electron chi connectivity index (χ2n) is 6.69. The summed E-state index contributed by atoms with van der Waals surface area (Å²) in [5, 5.41) is 14.6. The van der Waals surface area contributed by atoms with Crippen LogP contribution in [0.25, 0.3) is 0 Å². The summed E-state index contributed by atoms with van der Waals surface area (Å²) >= 11 is 1.20. The number of anilines is 2. The zero-order valence-corrected chi connectivity index (χ0v) is 16.9. The average Bonchev–Trinajstić information content (AvgIpc) is 3.14. The van der Waals surface area contributed by atoms with Gasteiger partial charge in [0.05, 0.1) is 0 Å². The van der Waals surface area contributed by atoms with Gasteiger partial charge in [-0.2, -0.15) is 0 Å². The fourth-order valence-corrected chi connectivity index (χ4v) is 3.31. The summed E-state index contributed by atoms with van der Waals surface area (Å²) in [6.07, 6.45) is 0.716. The van der Waals surface area contributed by atoms with Crippen LogP contribution in [-0.4, -0.2) is 22.0 Å². The van der Waals surface area contributed by atoms with Crippen molar-refractivity contribution in [3.05, 3.63) is 69.2 Å². The van der Waals surface area contributed by atoms with Gasteiger partial charge in [0.1, 0.15) is 5.01 Å². The maximum Gasteiger partial charge on any atom is 0.286 e. The lowest BCUT2D eigenvalue weighted by Crippen LogP contribution is -2.13. The average molecular weight is 395 g/mol. The highest BCUT2D eigenvalue weighted by Crippen LogP contribution is 2.18. The minimum absolute atomic E-state index is 0.0884. The van der Waals surface area contributed by atoms with E-state index < -0.39 is 0 Å². The van der Waals surface area contributed by atoms with Gasteiger partial charge in [0.15, 0.2) is 0 Å². The van der Waals surface area contributed by atoms with Crippen LogP contribution in [0.1, 0.15) is 37.9 Å². The number of hydrogen-bond acceptors (Lipinski definition) is 5. The first-order valence-corrected chi connectivity index (χ1v) is 9.80. The Kier molecular flexibility index (Phi) is 6.16. The lowest BCUT2D eigenvalue weighted by Gasteiger charge is -2.08. The number of carbonyl (C=O) groups excluding carboxylic acids is 2. The molecule has 1 aromatic heterocycles. The fraction of sp³-hybridized carbons (Fsp3) is 0.238. The third-order valence-corrected chi connectivity index (χ3v) is 5.19. The third kappa shape index (κ3) is 5.23. The predicted molar refractivity (Wildman–Crippen MR) is 112 cm³/mol. The van der Waals surface area contributed by atoms with E-state index in [4.69, 9.17) is 0 Å². The molecule has 0 unspecified atom stereocenters. The first-order valence-electron chi connectivity index (χ1n) is 8.98. The van der Waals surface area contributed by atoms with E-state index in [0.29, 0.717) is 17.1 Å². The van der Waals surface area contributed by atoms with Gasteiger partial charge >= 0.3 is 0 Å². The molecule has 0 aliphatic carbocycles. The summed E-state index contributed by atoms with van der Waals surface area (Å²) in [6.45, 7) is 5.93. The van der Waals surface area contributed by atoms with Crippen molar-refractivity contribution in [1.82, 2.24) is 10.2 Å². The third-order valence-electron chi connectivity index (χ3n) is 4.20. The molecule has 0 saturated heterocycles. The van der Waals surface area contributed by atoms with Crippen molar-refractivity contribution >= 4 is 34.5 Å². The van der Waals surface area contributed by atoms with Gasteiger partial charge in [-0.15, -0.1) is 10.2 Å². The number of aromatic nitrogens is 2. The molecule has 28 heavy (non-hydrogen) atoms. The Morgan fingerprint density at radius 1 is 0.929 bits per heavy atom. The smallest absolute Gasteiger partial charge is 0.286 e. The lowest BCUT2D eigenvalue weighted by atomic mass is 10.1. The Hall–Kier alpha value is -3.06. The molecule has 7 heteroatoms. The van der Waals surface area contributed by atoms with E-state index >= 15 is 0 Å². The molecular weight excluding hydrogens is 372 g/mol. The molecular formula is C21H22N4O2S. The lowest BCUT2D eigenvalue weighted by molar-refractivity contribution is -0.116. The zero-order valence-electron chi connectivity index (χ0n) is 16.1. The summed E-state index contributed by atoms with van der Waals surface area (Å²) in [6, 6.07) is 13.5. The number of nitrogens with one attached hydrogen (secondary N) is 2. The minimum Gasteiger partial charge on any atom is -0.326 e. The number of benzene rings is 2. The van der Waals surface area contributed by atoms with E-state index in [-0.39, 0.29) is 23.2 Å². The molecule has 0 radical (unpaired) electrons. The van der Waals surface area contributed by atoms with E-state index in [9.17, 15) is 9.59 Å². The Morgan fingerprint density at radius 2 is 1.64 bits per heavy atom. The van der Waals surface area contributed by atoms with Gasteiger partial charge in [-0.25, -0.2) is 0 Å². The van der Waals surface area contributed by atoms with Gasteiger partial charge in [-0.3, -0.25) is 9.59 Å². The van der Waals surface area contributed by atoms with Crippen LogP contribution in [0.15, 0.2) is 42.5 Å². The maximum atomic E-state index is 12.3. The standard InChI is InChI=1S/C21H22N4O2S/c1-13-5-8-16(9-6-13)22-20(27)21-25-24-19(28-21)11-10-18(26)23-17-12-14(2)4-7-15(17)3/h4-9,12H,10-11H2,1-3H3,(H,22,27)(H,23,26). The number of nitrogens with zero attached hydrogens (tertiary/aromatic N) is 2. The van der Waals surface area contributed by atoms with E-state index in [1.807, 2.05) is 63.2 Å². The summed E-state index contributed by atoms with van der Waals surface area (Å²) in [5.74, 6) is -0.387. The first kappa shape index (κ1) is 19.7. The largest absolute Gasteiger partial charge is 0.326 e. The number of amides is 2. The maximum absolute atomic E-state index is 12.3. The first-order chi connectivity index (χ1) is 13.4. The molecule has 0 aliphatic heterocycles. The molecule has 3 aromatic rings. The van der Waals surface area contributed by atoms with Crippen LogP contribution >= 0.6 is 11.3 Å². The molecule has 2 aromatic carbocycles. The Morgan fingerprint density at radius 3 is 2.39 bits per heavy atom. The van der Waals surface area contributed by atoms with Gasteiger partial charge in [0.2, 0.25) is 10.9 Å². The van der Waals surface area contributed by atoms with E-state index in [0.717, 1.165) is 22.4 Å². The van der Waals surface area contributed by atoms with Crippen LogP contribution < -0.4 is 10.6 Å². The highest BCUT2D eigenvalue weighted by molar-refractivity contribution is 7.13. The van der Waals surface area contributed by atoms with Crippen LogP contribution in [0, 0.1) is 20.8 Å². The number of aryl methyl sites for hydroxylation is 4. The molecule has 0 saturated carbocycles. The van der Waals surface area contributed by atoms with E-state index in [1.54, 1.807) is 0 Å². The van der Waals surface area contributed by atoms with Gasteiger partial charge in [-0.1, -0.05) is 41.2 Å². The topological polar surface area (TPSA) is 84.0 Å². The van der Waals surface area contributed by atoms with Gasteiger partial charge in [0.25, 0.3) is 5.91 Å². The predicted octanol–water partition coefficient (Wildman–Crippen LogP) is 4.29. The van der Waals surface area contributed by atoms with Crippen molar-refractivity contribution in [2.24, 2.45) is 0 Å². The van der Waals surface area contributed by atoms with Gasteiger partial charge in [-0.05, 0) is 50.1 Å². The van der Waals surface area contributed by atoms with Crippen LogP contribution in [0.4, 0.5) is 11.4 Å². The fourth-order valence-electron chi connectivity index (χ4n) is 2.57. The molecule has 0 fully saturated rings. The van der Waals surface area contributed by atoms with Crippen molar-refractivity contribution in [3.8, 4) is 0 Å². The van der Waals surface area contributed by atoms with E-state index in [2.05, 4.69) is 20.8 Å². The Labute approximate surface area is 168 Å². The molecule has 144 valence electrons. The molecule has 0 bridgehead atoms. The van der Waals surface area contributed by atoms with Crippen LogP contribution in [-0.2, 0) is 11.2 Å². The van der Waals surface area contributed by atoms with Crippen molar-refractivity contribution in [1.29, 1.82) is 0 Å². The Balaban J connectivity index is 1.54. The number of hydrogen-bond donors (Lipinski definition) is 2. The van der Waals surface area contributed by atoms with Crippen LogP contribution in [0.2, 0.25) is 0 Å². The van der Waals surface area contributed by atoms with Crippen molar-refractivity contribution < 1.29 is 9.59 Å². The molecule has 3 rings (SSSR count). The van der Waals surface area contributed by atoms with Crippen molar-refractivity contribution in [2.45, 2.75) is 33.6 Å². The summed E-state index contributed by atoms with van der Waals surface area (Å²) < 4.78 is 0. The minimum atomic E-state index is -0.299. The van der Waals surface area contributed by atoms with E-state index in [1.165, 1.54) is 11.3 Å². The van der Waals surface area contributed by atoms with Gasteiger partial charge in [0, 0.05) is 24.2 Å². The normalized spacial score (nSPS) is 10.5. The quantitative estimate of drug-likeness (QED) is 0.653. The SMILES string of the molecule is Cc1ccc(NC(=O)c2nnc(CCC(=O)Nc3cc(C)ccc3C)s2)cc1.